The second kappa shape index (κ2) is 9.37. The number of primary amides is 1. The Balaban J connectivity index is 1.53. The van der Waals surface area contributed by atoms with E-state index in [4.69, 9.17) is 10.5 Å². The molecular formula is C27H28N2O3. The third-order valence-corrected chi connectivity index (χ3v) is 5.99. The fourth-order valence-electron chi connectivity index (χ4n) is 4.16. The zero-order valence-corrected chi connectivity index (χ0v) is 18.3. The molecule has 1 heterocycles. The second-order valence-corrected chi connectivity index (χ2v) is 8.43. The first-order chi connectivity index (χ1) is 15.4. The largest absolute Gasteiger partial charge is 0.367 e. The van der Waals surface area contributed by atoms with Gasteiger partial charge in [-0.2, -0.15) is 0 Å². The molecule has 0 aliphatic carbocycles. The Labute approximate surface area is 188 Å². The second-order valence-electron chi connectivity index (χ2n) is 8.43. The minimum Gasteiger partial charge on any atom is -0.367 e. The maximum atomic E-state index is 12.9. The number of rotatable bonds is 6. The summed E-state index contributed by atoms with van der Waals surface area (Å²) in [6.45, 7) is 2.94. The molecule has 1 fully saturated rings. The molecule has 0 aromatic heterocycles. The molecule has 32 heavy (non-hydrogen) atoms. The molecule has 1 aliphatic rings. The van der Waals surface area contributed by atoms with Gasteiger partial charge in [0.15, 0.2) is 5.60 Å². The van der Waals surface area contributed by atoms with E-state index >= 15 is 0 Å². The van der Waals surface area contributed by atoms with Gasteiger partial charge in [-0.15, -0.1) is 0 Å². The van der Waals surface area contributed by atoms with Crippen molar-refractivity contribution in [2.24, 2.45) is 5.73 Å². The van der Waals surface area contributed by atoms with Crippen LogP contribution in [-0.4, -0.2) is 42.0 Å². The lowest BCUT2D eigenvalue weighted by Gasteiger charge is -2.41. The first-order valence-corrected chi connectivity index (χ1v) is 10.9. The first kappa shape index (κ1) is 21.8. The number of hydrogen-bond donors (Lipinski definition) is 1. The van der Waals surface area contributed by atoms with Gasteiger partial charge in [-0.25, -0.2) is 0 Å². The van der Waals surface area contributed by atoms with Gasteiger partial charge < -0.3 is 15.4 Å². The lowest BCUT2D eigenvalue weighted by molar-refractivity contribution is -0.163. The maximum Gasteiger partial charge on any atom is 0.251 e. The number of morpholine rings is 1. The van der Waals surface area contributed by atoms with Crippen molar-refractivity contribution in [2.45, 2.75) is 25.4 Å². The lowest BCUT2D eigenvalue weighted by atomic mass is 9.90. The van der Waals surface area contributed by atoms with Crippen LogP contribution in [0.15, 0.2) is 78.9 Å². The fraction of sp³-hybridized carbons (Fsp3) is 0.259. The predicted molar refractivity (Wildman–Crippen MR) is 125 cm³/mol. The number of nitrogens with two attached hydrogens (primary N) is 1. The average molecular weight is 429 g/mol. The molecule has 5 nitrogen and oxygen atoms in total. The third-order valence-electron chi connectivity index (χ3n) is 5.99. The van der Waals surface area contributed by atoms with Crippen molar-refractivity contribution in [1.82, 2.24) is 4.90 Å². The SMILES string of the molecule is Cc1ccc(-c2cccc(C[C@@]3(C(N)=O)CN(C(=O)Cc4ccccc4)CCO3)c2)cc1. The molecule has 1 saturated heterocycles. The van der Waals surface area contributed by atoms with Gasteiger partial charge >= 0.3 is 0 Å². The summed E-state index contributed by atoms with van der Waals surface area (Å²) in [6, 6.07) is 26.0. The van der Waals surface area contributed by atoms with Crippen LogP contribution in [0.2, 0.25) is 0 Å². The van der Waals surface area contributed by atoms with Crippen LogP contribution in [0, 0.1) is 6.92 Å². The summed E-state index contributed by atoms with van der Waals surface area (Å²) >= 11 is 0. The summed E-state index contributed by atoms with van der Waals surface area (Å²) in [5, 5.41) is 0. The van der Waals surface area contributed by atoms with Crippen LogP contribution < -0.4 is 5.73 Å². The zero-order chi connectivity index (χ0) is 22.6. The molecule has 3 aromatic rings. The van der Waals surface area contributed by atoms with Crippen LogP contribution in [0.5, 0.6) is 0 Å². The van der Waals surface area contributed by atoms with Crippen LogP contribution in [0.4, 0.5) is 0 Å². The molecule has 1 aliphatic heterocycles. The third kappa shape index (κ3) is 4.89. The van der Waals surface area contributed by atoms with Gasteiger partial charge in [0.25, 0.3) is 5.91 Å². The number of aryl methyl sites for hydroxylation is 1. The van der Waals surface area contributed by atoms with Gasteiger partial charge in [-0.05, 0) is 29.2 Å². The Hall–Kier alpha value is -3.44. The van der Waals surface area contributed by atoms with E-state index in [-0.39, 0.29) is 19.1 Å². The van der Waals surface area contributed by atoms with Crippen LogP contribution in [-0.2, 0) is 27.2 Å². The molecular weight excluding hydrogens is 400 g/mol. The Morgan fingerprint density at radius 3 is 2.38 bits per heavy atom. The van der Waals surface area contributed by atoms with Crippen LogP contribution in [0.1, 0.15) is 16.7 Å². The summed E-state index contributed by atoms with van der Waals surface area (Å²) in [5.41, 5.74) is 9.85. The Morgan fingerprint density at radius 1 is 0.938 bits per heavy atom. The summed E-state index contributed by atoms with van der Waals surface area (Å²) in [5.74, 6) is -0.575. The zero-order valence-electron chi connectivity index (χ0n) is 18.3. The highest BCUT2D eigenvalue weighted by molar-refractivity contribution is 5.86. The monoisotopic (exact) mass is 428 g/mol. The molecule has 0 spiro atoms. The molecule has 3 aromatic carbocycles. The molecule has 1 atom stereocenters. The van der Waals surface area contributed by atoms with Crippen molar-refractivity contribution in [2.75, 3.05) is 19.7 Å². The van der Waals surface area contributed by atoms with E-state index in [1.165, 1.54) is 5.56 Å². The van der Waals surface area contributed by atoms with Gasteiger partial charge in [-0.3, -0.25) is 9.59 Å². The highest BCUT2D eigenvalue weighted by atomic mass is 16.5. The highest BCUT2D eigenvalue weighted by Crippen LogP contribution is 2.27. The van der Waals surface area contributed by atoms with E-state index in [1.807, 2.05) is 48.5 Å². The van der Waals surface area contributed by atoms with E-state index in [0.29, 0.717) is 19.4 Å². The fourth-order valence-corrected chi connectivity index (χ4v) is 4.16. The summed E-state index contributed by atoms with van der Waals surface area (Å²) in [6.07, 6.45) is 0.607. The molecule has 0 saturated carbocycles. The quantitative estimate of drug-likeness (QED) is 0.653. The van der Waals surface area contributed by atoms with Gasteiger partial charge in [0.2, 0.25) is 5.91 Å². The Morgan fingerprint density at radius 2 is 1.66 bits per heavy atom. The molecule has 4 rings (SSSR count). The van der Waals surface area contributed by atoms with Crippen molar-refractivity contribution < 1.29 is 14.3 Å². The van der Waals surface area contributed by atoms with Gasteiger partial charge in [0.05, 0.1) is 19.6 Å². The number of amides is 2. The number of hydrogen-bond acceptors (Lipinski definition) is 3. The van der Waals surface area contributed by atoms with Gasteiger partial charge in [-0.1, -0.05) is 84.4 Å². The van der Waals surface area contributed by atoms with Gasteiger partial charge in [0.1, 0.15) is 0 Å². The van der Waals surface area contributed by atoms with Crippen molar-refractivity contribution in [3.05, 3.63) is 95.6 Å². The van der Waals surface area contributed by atoms with Gasteiger partial charge in [0, 0.05) is 13.0 Å². The average Bonchev–Trinajstić information content (AvgIpc) is 2.80. The standard InChI is InChI=1S/C27H28N2O3/c1-20-10-12-23(13-11-20)24-9-5-8-22(16-24)18-27(26(28)31)19-29(14-15-32-27)25(30)17-21-6-3-2-4-7-21/h2-13,16H,14-15,17-19H2,1H3,(H2,28,31)/t27-/m0/s1. The number of carbonyl (C=O) groups excluding carboxylic acids is 2. The summed E-state index contributed by atoms with van der Waals surface area (Å²) < 4.78 is 5.95. The van der Waals surface area contributed by atoms with E-state index in [2.05, 4.69) is 37.3 Å². The van der Waals surface area contributed by atoms with Crippen molar-refractivity contribution in [3.8, 4) is 11.1 Å². The van der Waals surface area contributed by atoms with E-state index in [1.54, 1.807) is 4.90 Å². The highest BCUT2D eigenvalue weighted by Gasteiger charge is 2.43. The normalized spacial score (nSPS) is 18.3. The Kier molecular flexibility index (Phi) is 6.37. The molecule has 0 unspecified atom stereocenters. The molecule has 0 radical (unpaired) electrons. The topological polar surface area (TPSA) is 72.6 Å². The minimum absolute atomic E-state index is 0.0291. The van der Waals surface area contributed by atoms with Crippen LogP contribution in [0.25, 0.3) is 11.1 Å². The number of nitrogens with zero attached hydrogens (tertiary/aromatic N) is 1. The maximum absolute atomic E-state index is 12.9. The van der Waals surface area contributed by atoms with Crippen LogP contribution >= 0.6 is 0 Å². The predicted octanol–water partition coefficient (Wildman–Crippen LogP) is 3.53. The smallest absolute Gasteiger partial charge is 0.251 e. The molecule has 5 heteroatoms. The van der Waals surface area contributed by atoms with Crippen molar-refractivity contribution in [1.29, 1.82) is 0 Å². The number of ether oxygens (including phenoxy) is 1. The summed E-state index contributed by atoms with van der Waals surface area (Å²) in [7, 11) is 0. The number of benzene rings is 3. The first-order valence-electron chi connectivity index (χ1n) is 10.9. The van der Waals surface area contributed by atoms with Crippen LogP contribution in [0.3, 0.4) is 0 Å². The lowest BCUT2D eigenvalue weighted by Crippen LogP contribution is -2.61. The van der Waals surface area contributed by atoms with Crippen molar-refractivity contribution in [3.63, 3.8) is 0 Å². The molecule has 2 N–H and O–H groups in total. The molecule has 0 bridgehead atoms. The molecule has 2 amide bonds. The summed E-state index contributed by atoms with van der Waals surface area (Å²) in [4.78, 5) is 27.2. The van der Waals surface area contributed by atoms with E-state index in [0.717, 1.165) is 22.3 Å². The van der Waals surface area contributed by atoms with Crippen molar-refractivity contribution >= 4 is 11.8 Å². The van der Waals surface area contributed by atoms with E-state index < -0.39 is 11.5 Å². The van der Waals surface area contributed by atoms with E-state index in [9.17, 15) is 9.59 Å². The minimum atomic E-state index is -1.24. The Bertz CT molecular complexity index is 1100. The number of carbonyl (C=O) groups is 2. The molecule has 164 valence electrons.